The van der Waals surface area contributed by atoms with Crippen molar-refractivity contribution in [1.82, 2.24) is 0 Å². The predicted octanol–water partition coefficient (Wildman–Crippen LogP) is 20.4. The van der Waals surface area contributed by atoms with E-state index in [0.717, 1.165) is 77.0 Å². The molecule has 0 fully saturated rings. The molecule has 6 heteroatoms. The van der Waals surface area contributed by atoms with Gasteiger partial charge >= 0.3 is 17.9 Å². The van der Waals surface area contributed by atoms with Gasteiger partial charge in [-0.15, -0.1) is 0 Å². The smallest absolute Gasteiger partial charge is 0.306 e. The minimum absolute atomic E-state index is 0.0739. The van der Waals surface area contributed by atoms with Crippen LogP contribution in [0.1, 0.15) is 329 Å². The summed E-state index contributed by atoms with van der Waals surface area (Å²) >= 11 is 0. The lowest BCUT2D eigenvalue weighted by Crippen LogP contribution is -2.30. The zero-order valence-corrected chi connectivity index (χ0v) is 46.3. The van der Waals surface area contributed by atoms with Crippen molar-refractivity contribution in [2.45, 2.75) is 335 Å². The van der Waals surface area contributed by atoms with Crippen molar-refractivity contribution in [2.75, 3.05) is 13.2 Å². The lowest BCUT2D eigenvalue weighted by atomic mass is 10.0. The maximum Gasteiger partial charge on any atom is 0.306 e. The molecule has 0 N–H and O–H groups in total. The fourth-order valence-electron chi connectivity index (χ4n) is 8.99. The minimum Gasteiger partial charge on any atom is -0.462 e. The standard InChI is InChI=1S/C63H116O6/c1-4-7-10-13-16-19-22-25-28-30-32-34-35-38-41-44-47-50-53-56-62(65)68-59-60(58-67-61(64)55-52-49-46-43-40-37-27-24-21-18-15-12-9-6-3)69-63(66)57-54-51-48-45-42-39-36-33-31-29-26-23-20-17-14-11-8-5-2/h15,18,24-25,27-28,60H,4-14,16-17,19-23,26,29-59H2,1-3H3/b18-15+,27-24+,28-25+/t60-/m1/s1. The molecule has 1 atom stereocenters. The van der Waals surface area contributed by atoms with Crippen molar-refractivity contribution in [3.63, 3.8) is 0 Å². The molecule has 6 nitrogen and oxygen atoms in total. The van der Waals surface area contributed by atoms with Gasteiger partial charge in [0.2, 0.25) is 0 Å². The van der Waals surface area contributed by atoms with Crippen LogP contribution in [-0.4, -0.2) is 37.2 Å². The minimum atomic E-state index is -0.776. The average molecular weight is 970 g/mol. The van der Waals surface area contributed by atoms with Crippen LogP contribution in [0.2, 0.25) is 0 Å². The van der Waals surface area contributed by atoms with Gasteiger partial charge in [-0.3, -0.25) is 14.4 Å². The molecule has 0 aliphatic rings. The highest BCUT2D eigenvalue weighted by Gasteiger charge is 2.19. The van der Waals surface area contributed by atoms with Gasteiger partial charge in [-0.05, 0) is 70.6 Å². The van der Waals surface area contributed by atoms with Crippen LogP contribution in [0.5, 0.6) is 0 Å². The third-order valence-corrected chi connectivity index (χ3v) is 13.6. The normalized spacial score (nSPS) is 12.2. The molecule has 0 heterocycles. The Labute approximate surface area is 429 Å². The zero-order valence-electron chi connectivity index (χ0n) is 46.3. The molecule has 404 valence electrons. The summed E-state index contributed by atoms with van der Waals surface area (Å²) in [7, 11) is 0. The second-order valence-corrected chi connectivity index (χ2v) is 20.6. The molecule has 0 aliphatic heterocycles. The summed E-state index contributed by atoms with van der Waals surface area (Å²) in [5, 5.41) is 0. The van der Waals surface area contributed by atoms with Crippen molar-refractivity contribution < 1.29 is 28.6 Å². The zero-order chi connectivity index (χ0) is 50.0. The number of esters is 3. The predicted molar refractivity (Wildman–Crippen MR) is 298 cm³/mol. The van der Waals surface area contributed by atoms with Crippen molar-refractivity contribution in [2.24, 2.45) is 0 Å². The molecule has 0 radical (unpaired) electrons. The average Bonchev–Trinajstić information content (AvgIpc) is 3.35. The molecule has 0 bridgehead atoms. The largest absolute Gasteiger partial charge is 0.462 e. The van der Waals surface area contributed by atoms with Crippen LogP contribution in [0.25, 0.3) is 0 Å². The van der Waals surface area contributed by atoms with Crippen molar-refractivity contribution in [3.8, 4) is 0 Å². The second-order valence-electron chi connectivity index (χ2n) is 20.6. The first-order valence-corrected chi connectivity index (χ1v) is 30.5. The molecule has 0 rings (SSSR count). The Morgan fingerprint density at radius 1 is 0.290 bits per heavy atom. The Morgan fingerprint density at radius 2 is 0.536 bits per heavy atom. The maximum atomic E-state index is 12.9. The van der Waals surface area contributed by atoms with E-state index >= 15 is 0 Å². The van der Waals surface area contributed by atoms with Crippen LogP contribution in [0, 0.1) is 0 Å². The molecule has 0 saturated heterocycles. The lowest BCUT2D eigenvalue weighted by molar-refractivity contribution is -0.167. The highest BCUT2D eigenvalue weighted by Crippen LogP contribution is 2.17. The Bertz CT molecular complexity index is 1160. The first-order chi connectivity index (χ1) is 34.0. The number of hydrogen-bond donors (Lipinski definition) is 0. The fourth-order valence-corrected chi connectivity index (χ4v) is 8.99. The number of hydrogen-bond acceptors (Lipinski definition) is 6. The number of rotatable bonds is 56. The molecule has 69 heavy (non-hydrogen) atoms. The summed E-state index contributed by atoms with van der Waals surface area (Å²) < 4.78 is 16.9. The van der Waals surface area contributed by atoms with Crippen molar-refractivity contribution in [1.29, 1.82) is 0 Å². The van der Waals surface area contributed by atoms with Crippen molar-refractivity contribution >= 4 is 17.9 Å². The maximum absolute atomic E-state index is 12.9. The fraction of sp³-hybridized carbons (Fsp3) is 0.857. The van der Waals surface area contributed by atoms with Crippen LogP contribution >= 0.6 is 0 Å². The van der Waals surface area contributed by atoms with E-state index in [9.17, 15) is 14.4 Å². The van der Waals surface area contributed by atoms with E-state index in [2.05, 4.69) is 57.2 Å². The van der Waals surface area contributed by atoms with Gasteiger partial charge in [0.25, 0.3) is 0 Å². The highest BCUT2D eigenvalue weighted by molar-refractivity contribution is 5.71. The van der Waals surface area contributed by atoms with E-state index < -0.39 is 6.10 Å². The number of ether oxygens (including phenoxy) is 3. The van der Waals surface area contributed by atoms with Gasteiger partial charge in [0.15, 0.2) is 6.10 Å². The first-order valence-electron chi connectivity index (χ1n) is 30.5. The van der Waals surface area contributed by atoms with Gasteiger partial charge in [-0.2, -0.15) is 0 Å². The second kappa shape index (κ2) is 58.2. The van der Waals surface area contributed by atoms with Gasteiger partial charge in [-0.25, -0.2) is 0 Å². The molecule has 0 aromatic rings. The SMILES string of the molecule is CCCC/C=C/C/C=C/CCCCCCCC(=O)OC[C@H](COC(=O)CCCCCCCCCCC/C=C/CCCCCCCC)OC(=O)CCCCCCCCCCCCCCCCCCCC. The summed E-state index contributed by atoms with van der Waals surface area (Å²) in [6.07, 6.45) is 69.9. The topological polar surface area (TPSA) is 78.9 Å². The summed E-state index contributed by atoms with van der Waals surface area (Å²) in [5.74, 6) is -0.869. The molecule has 0 saturated carbocycles. The Kier molecular flexibility index (Phi) is 56.2. The van der Waals surface area contributed by atoms with Crippen molar-refractivity contribution in [3.05, 3.63) is 36.5 Å². The van der Waals surface area contributed by atoms with Crippen LogP contribution in [0.3, 0.4) is 0 Å². The van der Waals surface area contributed by atoms with E-state index in [-0.39, 0.29) is 31.1 Å². The Hall–Kier alpha value is -2.37. The molecule has 0 unspecified atom stereocenters. The van der Waals surface area contributed by atoms with Gasteiger partial charge < -0.3 is 14.2 Å². The van der Waals surface area contributed by atoms with Crippen LogP contribution in [-0.2, 0) is 28.6 Å². The monoisotopic (exact) mass is 969 g/mol. The van der Waals surface area contributed by atoms with Gasteiger partial charge in [-0.1, -0.05) is 276 Å². The van der Waals surface area contributed by atoms with E-state index in [1.165, 1.54) is 212 Å². The van der Waals surface area contributed by atoms with Crippen LogP contribution < -0.4 is 0 Å². The Morgan fingerprint density at radius 3 is 0.855 bits per heavy atom. The number of carbonyl (C=O) groups excluding carboxylic acids is 3. The van der Waals surface area contributed by atoms with Gasteiger partial charge in [0.1, 0.15) is 13.2 Å². The van der Waals surface area contributed by atoms with E-state index in [1.54, 1.807) is 0 Å². The molecular formula is C63H116O6. The summed E-state index contributed by atoms with van der Waals surface area (Å²) in [6, 6.07) is 0. The molecule has 0 aromatic carbocycles. The molecule has 0 aliphatic carbocycles. The Balaban J connectivity index is 4.33. The molecule has 0 spiro atoms. The third-order valence-electron chi connectivity index (χ3n) is 13.6. The van der Waals surface area contributed by atoms with Gasteiger partial charge in [0, 0.05) is 19.3 Å². The van der Waals surface area contributed by atoms with Crippen LogP contribution in [0.15, 0.2) is 36.5 Å². The number of unbranched alkanes of at least 4 members (excludes halogenated alkanes) is 39. The summed E-state index contributed by atoms with van der Waals surface area (Å²) in [4.78, 5) is 38.2. The molecule has 0 aromatic heterocycles. The summed E-state index contributed by atoms with van der Waals surface area (Å²) in [6.45, 7) is 6.63. The first kappa shape index (κ1) is 66.6. The van der Waals surface area contributed by atoms with Crippen LogP contribution in [0.4, 0.5) is 0 Å². The quantitative estimate of drug-likeness (QED) is 0.0261. The molecular weight excluding hydrogens is 853 g/mol. The van der Waals surface area contributed by atoms with Gasteiger partial charge in [0.05, 0.1) is 0 Å². The summed E-state index contributed by atoms with van der Waals surface area (Å²) in [5.41, 5.74) is 0. The van der Waals surface area contributed by atoms with E-state index in [1.807, 2.05) is 0 Å². The number of carbonyl (C=O) groups is 3. The van der Waals surface area contributed by atoms with E-state index in [0.29, 0.717) is 19.3 Å². The molecule has 0 amide bonds. The number of allylic oxidation sites excluding steroid dienone is 6. The third kappa shape index (κ3) is 56.4. The highest BCUT2D eigenvalue weighted by atomic mass is 16.6. The van der Waals surface area contributed by atoms with E-state index in [4.69, 9.17) is 14.2 Å². The lowest BCUT2D eigenvalue weighted by Gasteiger charge is -2.18.